The summed E-state index contributed by atoms with van der Waals surface area (Å²) in [5.74, 6) is 0. The van der Waals surface area contributed by atoms with Crippen LogP contribution in [0.15, 0.2) is 0 Å². The van der Waals surface area contributed by atoms with Crippen molar-refractivity contribution in [2.75, 3.05) is 6.54 Å². The van der Waals surface area contributed by atoms with E-state index in [-0.39, 0.29) is 0 Å². The summed E-state index contributed by atoms with van der Waals surface area (Å²) in [4.78, 5) is 0. The van der Waals surface area contributed by atoms with Crippen LogP contribution in [0.2, 0.25) is 0 Å². The van der Waals surface area contributed by atoms with Crippen LogP contribution in [0.25, 0.3) is 0 Å². The van der Waals surface area contributed by atoms with E-state index in [2.05, 4.69) is 38.3 Å². The lowest BCUT2D eigenvalue weighted by Gasteiger charge is -2.16. The maximum atomic E-state index is 4.58. The molecule has 0 saturated heterocycles. The Kier molecular flexibility index (Phi) is 2.98. The van der Waals surface area contributed by atoms with E-state index in [4.69, 9.17) is 0 Å². The van der Waals surface area contributed by atoms with Crippen LogP contribution in [0, 0.1) is 5.41 Å². The summed E-state index contributed by atoms with van der Waals surface area (Å²) < 4.78 is 0. The molecule has 0 spiro atoms. The third-order valence-electron chi connectivity index (χ3n) is 0.716. The highest BCUT2D eigenvalue weighted by Gasteiger charge is 2.06. The molecule has 1 nitrogen and oxygen atoms in total. The summed E-state index contributed by atoms with van der Waals surface area (Å²) in [6.45, 7) is 7.45. The lowest BCUT2D eigenvalue weighted by atomic mass is 9.97. The maximum Gasteiger partial charge on any atom is 0.0615 e. The Bertz CT molecular complexity index is 73.1. The molecule has 1 N–H and O–H groups in total. The van der Waals surface area contributed by atoms with Gasteiger partial charge in [0.25, 0.3) is 0 Å². The smallest absolute Gasteiger partial charge is 0.0615 e. The Morgan fingerprint density at radius 1 is 1.50 bits per heavy atom. The molecule has 0 saturated carbocycles. The second-order valence-corrected chi connectivity index (χ2v) is 3.30. The summed E-state index contributed by atoms with van der Waals surface area (Å²) in [5, 5.41) is 2.98. The summed E-state index contributed by atoms with van der Waals surface area (Å²) in [6, 6.07) is 0. The molecular formula is C6H13NS. The van der Waals surface area contributed by atoms with Gasteiger partial charge in [-0.15, -0.1) is 0 Å². The molecule has 0 aliphatic carbocycles. The number of hydrogen-bond acceptors (Lipinski definition) is 1. The number of rotatable bonds is 2. The zero-order chi connectivity index (χ0) is 6.62. The van der Waals surface area contributed by atoms with Crippen molar-refractivity contribution in [1.29, 1.82) is 0 Å². The predicted molar refractivity (Wildman–Crippen MR) is 41.1 cm³/mol. The molecule has 48 valence electrons. The number of thiocarbonyl (C=S) groups is 1. The molecule has 0 aliphatic heterocycles. The van der Waals surface area contributed by atoms with Crippen molar-refractivity contribution in [2.24, 2.45) is 5.41 Å². The number of nitrogens with one attached hydrogen (secondary N) is 1. The van der Waals surface area contributed by atoms with Gasteiger partial charge in [-0.2, -0.15) is 0 Å². The standard InChI is InChI=1S/C6H13NS/c1-6(2,3)4-7-5-8/h5H,4H2,1-3H3,(H,7,8). The van der Waals surface area contributed by atoms with E-state index in [1.165, 1.54) is 0 Å². The lowest BCUT2D eigenvalue weighted by Crippen LogP contribution is -2.24. The highest BCUT2D eigenvalue weighted by Crippen LogP contribution is 2.09. The highest BCUT2D eigenvalue weighted by molar-refractivity contribution is 7.78. The van der Waals surface area contributed by atoms with Gasteiger partial charge in [-0.05, 0) is 5.41 Å². The van der Waals surface area contributed by atoms with Crippen molar-refractivity contribution < 1.29 is 0 Å². The zero-order valence-electron chi connectivity index (χ0n) is 5.69. The molecule has 0 aromatic rings. The molecule has 0 fully saturated rings. The van der Waals surface area contributed by atoms with E-state index in [1.807, 2.05) is 0 Å². The van der Waals surface area contributed by atoms with Gasteiger partial charge in [0, 0.05) is 6.54 Å². The molecule has 8 heavy (non-hydrogen) atoms. The minimum atomic E-state index is 0.343. The first-order valence-electron chi connectivity index (χ1n) is 2.73. The van der Waals surface area contributed by atoms with E-state index in [1.54, 1.807) is 5.49 Å². The average molecular weight is 131 g/mol. The van der Waals surface area contributed by atoms with Crippen LogP contribution in [0.3, 0.4) is 0 Å². The van der Waals surface area contributed by atoms with Gasteiger partial charge >= 0.3 is 0 Å². The van der Waals surface area contributed by atoms with Crippen LogP contribution in [-0.2, 0) is 0 Å². The van der Waals surface area contributed by atoms with Crippen LogP contribution < -0.4 is 5.32 Å². The summed E-state index contributed by atoms with van der Waals surface area (Å²) in [5.41, 5.74) is 1.90. The van der Waals surface area contributed by atoms with Crippen molar-refractivity contribution in [3.63, 3.8) is 0 Å². The van der Waals surface area contributed by atoms with Crippen LogP contribution in [0.5, 0.6) is 0 Å². The van der Waals surface area contributed by atoms with Gasteiger partial charge in [0.1, 0.15) is 0 Å². The molecule has 0 amide bonds. The summed E-state index contributed by atoms with van der Waals surface area (Å²) in [7, 11) is 0. The molecule has 0 unspecified atom stereocenters. The zero-order valence-corrected chi connectivity index (χ0v) is 6.51. The third-order valence-corrected chi connectivity index (χ3v) is 0.882. The Morgan fingerprint density at radius 2 is 2.00 bits per heavy atom. The van der Waals surface area contributed by atoms with Crippen LogP contribution in [0.1, 0.15) is 20.8 Å². The quantitative estimate of drug-likeness (QED) is 0.571. The van der Waals surface area contributed by atoms with Crippen LogP contribution in [0.4, 0.5) is 0 Å². The fourth-order valence-corrected chi connectivity index (χ4v) is 0.431. The fraction of sp³-hybridized carbons (Fsp3) is 0.833. The molecular weight excluding hydrogens is 118 g/mol. The molecule has 0 rings (SSSR count). The van der Waals surface area contributed by atoms with Gasteiger partial charge in [-0.1, -0.05) is 33.0 Å². The summed E-state index contributed by atoms with van der Waals surface area (Å²) in [6.07, 6.45) is 0. The molecule has 0 atom stereocenters. The van der Waals surface area contributed by atoms with Crippen molar-refractivity contribution >= 4 is 17.7 Å². The minimum Gasteiger partial charge on any atom is -0.382 e. The summed E-state index contributed by atoms with van der Waals surface area (Å²) >= 11 is 4.58. The highest BCUT2D eigenvalue weighted by atomic mass is 32.1. The van der Waals surface area contributed by atoms with Crippen LogP contribution in [-0.4, -0.2) is 12.0 Å². The van der Waals surface area contributed by atoms with E-state index in [0.29, 0.717) is 5.41 Å². The second-order valence-electron chi connectivity index (χ2n) is 3.06. The van der Waals surface area contributed by atoms with E-state index in [0.717, 1.165) is 6.54 Å². The van der Waals surface area contributed by atoms with Crippen LogP contribution >= 0.6 is 12.2 Å². The third kappa shape index (κ3) is 5.89. The molecule has 0 heterocycles. The molecule has 0 aromatic carbocycles. The van der Waals surface area contributed by atoms with Gasteiger partial charge in [0.15, 0.2) is 0 Å². The van der Waals surface area contributed by atoms with Crippen molar-refractivity contribution in [1.82, 2.24) is 5.32 Å². The fourth-order valence-electron chi connectivity index (χ4n) is 0.348. The maximum absolute atomic E-state index is 4.58. The monoisotopic (exact) mass is 131 g/mol. The van der Waals surface area contributed by atoms with Gasteiger partial charge in [0.2, 0.25) is 0 Å². The first kappa shape index (κ1) is 7.89. The van der Waals surface area contributed by atoms with Gasteiger partial charge in [-0.25, -0.2) is 0 Å². The normalized spacial score (nSPS) is 10.9. The van der Waals surface area contributed by atoms with Gasteiger partial charge in [0.05, 0.1) is 5.49 Å². The Balaban J connectivity index is 3.24. The molecule has 0 bridgehead atoms. The van der Waals surface area contributed by atoms with E-state index >= 15 is 0 Å². The van der Waals surface area contributed by atoms with Crippen molar-refractivity contribution in [3.8, 4) is 0 Å². The minimum absolute atomic E-state index is 0.343. The Labute approximate surface area is 56.5 Å². The molecule has 0 radical (unpaired) electrons. The molecule has 0 aliphatic rings. The Morgan fingerprint density at radius 3 is 2.12 bits per heavy atom. The first-order chi connectivity index (χ1) is 3.56. The number of hydrogen-bond donors (Lipinski definition) is 1. The molecule has 2 heteroatoms. The van der Waals surface area contributed by atoms with Crippen molar-refractivity contribution in [3.05, 3.63) is 0 Å². The van der Waals surface area contributed by atoms with E-state index in [9.17, 15) is 0 Å². The van der Waals surface area contributed by atoms with E-state index < -0.39 is 0 Å². The van der Waals surface area contributed by atoms with Crippen molar-refractivity contribution in [2.45, 2.75) is 20.8 Å². The molecule has 0 aromatic heterocycles. The van der Waals surface area contributed by atoms with Gasteiger partial charge in [-0.3, -0.25) is 0 Å². The topological polar surface area (TPSA) is 12.0 Å². The largest absolute Gasteiger partial charge is 0.382 e. The first-order valence-corrected chi connectivity index (χ1v) is 3.20. The predicted octanol–water partition coefficient (Wildman–Crippen LogP) is 1.58. The van der Waals surface area contributed by atoms with Gasteiger partial charge < -0.3 is 5.32 Å². The Hall–Kier alpha value is -0.110. The SMILES string of the molecule is CC(C)(C)CNC=S. The average Bonchev–Trinajstić information content (AvgIpc) is 1.59. The second kappa shape index (κ2) is 3.02. The lowest BCUT2D eigenvalue weighted by molar-refractivity contribution is 0.411.